The van der Waals surface area contributed by atoms with Gasteiger partial charge in [-0.05, 0) is 50.7 Å². The van der Waals surface area contributed by atoms with Gasteiger partial charge in [0, 0.05) is 24.6 Å². The largest absolute Gasteiger partial charge is 0.361 e. The number of nitrogens with zero attached hydrogens (tertiary/aromatic N) is 3. The Morgan fingerprint density at radius 3 is 2.29 bits per heavy atom. The van der Waals surface area contributed by atoms with Gasteiger partial charge in [-0.25, -0.2) is 4.98 Å². The number of carbonyl (C=O) groups excluding carboxylic acids is 2. The zero-order chi connectivity index (χ0) is 25.8. The number of aryl methyl sites for hydroxylation is 1. The summed E-state index contributed by atoms with van der Waals surface area (Å²) >= 11 is 1.64. The first-order valence-electron chi connectivity index (χ1n) is 12.1. The van der Waals surface area contributed by atoms with Crippen LogP contribution in [0.4, 0.5) is 0 Å². The van der Waals surface area contributed by atoms with E-state index in [-0.39, 0.29) is 6.04 Å². The molecule has 3 aromatic rings. The fraction of sp³-hybridized carbons (Fsp3) is 0.481. The molecule has 0 radical (unpaired) electrons. The van der Waals surface area contributed by atoms with Crippen LogP contribution in [-0.2, 0) is 9.59 Å². The lowest BCUT2D eigenvalue weighted by Crippen LogP contribution is -2.24. The Hall–Kier alpha value is -3.00. The van der Waals surface area contributed by atoms with Crippen molar-refractivity contribution in [1.82, 2.24) is 20.4 Å². The molecule has 0 saturated carbocycles. The molecule has 1 aromatic carbocycles. The second-order valence-corrected chi connectivity index (χ2v) is 10.0. The van der Waals surface area contributed by atoms with Gasteiger partial charge in [-0.2, -0.15) is 0 Å². The number of benzene rings is 1. The lowest BCUT2D eigenvalue weighted by Gasteiger charge is -2.13. The van der Waals surface area contributed by atoms with E-state index in [1.54, 1.807) is 17.5 Å². The molecule has 0 spiro atoms. The SMILES string of the molecule is CC(C)C(C)c1ccno1.CC1CCCN1C=O.Cc1ncsc1-c1ccc(C(C)NC=O)cc1. The molecule has 3 atom stereocenters. The van der Waals surface area contributed by atoms with Gasteiger partial charge in [0.1, 0.15) is 5.76 Å². The second-order valence-electron chi connectivity index (χ2n) is 9.18. The van der Waals surface area contributed by atoms with Gasteiger partial charge < -0.3 is 14.7 Å². The number of likely N-dealkylation sites (tertiary alicyclic amines) is 1. The predicted octanol–water partition coefficient (Wildman–Crippen LogP) is 5.99. The van der Waals surface area contributed by atoms with E-state index in [1.807, 2.05) is 42.5 Å². The van der Waals surface area contributed by atoms with Gasteiger partial charge in [0.2, 0.25) is 12.8 Å². The average Bonchev–Trinajstić information content (AvgIpc) is 3.62. The molecule has 2 amide bonds. The van der Waals surface area contributed by atoms with Crippen molar-refractivity contribution in [2.45, 2.75) is 72.4 Å². The normalized spacial score (nSPS) is 16.4. The first-order chi connectivity index (χ1) is 16.8. The standard InChI is InChI=1S/C13H14N2OS.C8H13NO.C6H11NO/c1-9(14-7-16)11-3-5-12(6-4-11)13-10(2)15-8-17-13;1-6(2)7(3)8-4-5-9-10-8;1-6-3-2-4-7(6)5-8/h3-9H,1-2H3,(H,14,16);4-7H,1-3H3;5-6H,2-4H2,1H3. The molecule has 1 aliphatic heterocycles. The molecule has 35 heavy (non-hydrogen) atoms. The summed E-state index contributed by atoms with van der Waals surface area (Å²) in [5.74, 6) is 2.07. The van der Waals surface area contributed by atoms with Gasteiger partial charge in [-0.15, -0.1) is 11.3 Å². The molecule has 3 unspecified atom stereocenters. The number of carbonyl (C=O) groups is 2. The van der Waals surface area contributed by atoms with Crippen molar-refractivity contribution < 1.29 is 14.1 Å². The Kier molecular flexibility index (Phi) is 11.6. The number of thiazole rings is 1. The lowest BCUT2D eigenvalue weighted by atomic mass is 9.96. The van der Waals surface area contributed by atoms with Crippen LogP contribution in [0.25, 0.3) is 10.4 Å². The van der Waals surface area contributed by atoms with Gasteiger partial charge >= 0.3 is 0 Å². The van der Waals surface area contributed by atoms with Crippen molar-refractivity contribution in [3.8, 4) is 10.4 Å². The van der Waals surface area contributed by atoms with Crippen LogP contribution < -0.4 is 5.32 Å². The van der Waals surface area contributed by atoms with Crippen molar-refractivity contribution in [2.24, 2.45) is 5.92 Å². The van der Waals surface area contributed by atoms with E-state index in [2.05, 4.69) is 55.3 Å². The number of rotatable bonds is 7. The van der Waals surface area contributed by atoms with Gasteiger partial charge in [0.15, 0.2) is 0 Å². The summed E-state index contributed by atoms with van der Waals surface area (Å²) in [5.41, 5.74) is 5.19. The zero-order valence-electron chi connectivity index (χ0n) is 21.6. The minimum absolute atomic E-state index is 0.0455. The third kappa shape index (κ3) is 8.62. The molecule has 3 heterocycles. The number of amides is 2. The van der Waals surface area contributed by atoms with Crippen LogP contribution in [0.15, 0.2) is 46.6 Å². The Morgan fingerprint density at radius 2 is 1.86 bits per heavy atom. The molecular formula is C27H38N4O3S. The molecule has 1 saturated heterocycles. The van der Waals surface area contributed by atoms with Crippen LogP contribution >= 0.6 is 11.3 Å². The van der Waals surface area contributed by atoms with E-state index in [0.717, 1.165) is 36.4 Å². The summed E-state index contributed by atoms with van der Waals surface area (Å²) in [6.07, 6.45) is 5.72. The maximum atomic E-state index is 10.4. The Labute approximate surface area is 212 Å². The number of aromatic nitrogens is 2. The fourth-order valence-corrected chi connectivity index (χ4v) is 4.41. The van der Waals surface area contributed by atoms with Crippen LogP contribution in [0, 0.1) is 12.8 Å². The van der Waals surface area contributed by atoms with Crippen molar-refractivity contribution in [1.29, 1.82) is 0 Å². The summed E-state index contributed by atoms with van der Waals surface area (Å²) in [4.78, 5) is 27.8. The molecule has 190 valence electrons. The van der Waals surface area contributed by atoms with E-state index in [1.165, 1.54) is 23.3 Å². The Morgan fingerprint density at radius 1 is 1.14 bits per heavy atom. The molecule has 4 rings (SSSR count). The zero-order valence-corrected chi connectivity index (χ0v) is 22.4. The fourth-order valence-electron chi connectivity index (χ4n) is 3.60. The van der Waals surface area contributed by atoms with Crippen LogP contribution in [-0.4, -0.2) is 40.4 Å². The van der Waals surface area contributed by atoms with E-state index in [0.29, 0.717) is 17.9 Å². The second kappa shape index (κ2) is 14.4. The van der Waals surface area contributed by atoms with Crippen molar-refractivity contribution in [3.05, 3.63) is 59.1 Å². The maximum absolute atomic E-state index is 10.4. The molecule has 1 fully saturated rings. The molecule has 1 N–H and O–H groups in total. The van der Waals surface area contributed by atoms with Gasteiger partial charge in [-0.1, -0.05) is 50.2 Å². The topological polar surface area (TPSA) is 88.3 Å². The van der Waals surface area contributed by atoms with Gasteiger partial charge in [-0.3, -0.25) is 9.59 Å². The predicted molar refractivity (Wildman–Crippen MR) is 141 cm³/mol. The summed E-state index contributed by atoms with van der Waals surface area (Å²) in [7, 11) is 0. The monoisotopic (exact) mass is 498 g/mol. The van der Waals surface area contributed by atoms with E-state index in [4.69, 9.17) is 4.52 Å². The highest BCUT2D eigenvalue weighted by atomic mass is 32.1. The van der Waals surface area contributed by atoms with Gasteiger partial charge in [0.25, 0.3) is 0 Å². The molecule has 0 aliphatic carbocycles. The summed E-state index contributed by atoms with van der Waals surface area (Å²) < 4.78 is 5.01. The number of hydrogen-bond acceptors (Lipinski definition) is 6. The summed E-state index contributed by atoms with van der Waals surface area (Å²) in [6, 6.07) is 10.7. The van der Waals surface area contributed by atoms with Crippen LogP contribution in [0.1, 0.15) is 76.4 Å². The molecule has 0 bridgehead atoms. The van der Waals surface area contributed by atoms with Crippen LogP contribution in [0.5, 0.6) is 0 Å². The third-order valence-corrected chi connectivity index (χ3v) is 7.36. The van der Waals surface area contributed by atoms with Crippen molar-refractivity contribution in [3.63, 3.8) is 0 Å². The highest BCUT2D eigenvalue weighted by Gasteiger charge is 2.17. The summed E-state index contributed by atoms with van der Waals surface area (Å²) in [6.45, 7) is 13.5. The minimum atomic E-state index is 0.0455. The van der Waals surface area contributed by atoms with E-state index < -0.39 is 0 Å². The van der Waals surface area contributed by atoms with E-state index in [9.17, 15) is 9.59 Å². The molecular weight excluding hydrogens is 460 g/mol. The van der Waals surface area contributed by atoms with E-state index >= 15 is 0 Å². The third-order valence-electron chi connectivity index (χ3n) is 6.38. The Bertz CT molecular complexity index is 1000. The highest BCUT2D eigenvalue weighted by Crippen LogP contribution is 2.28. The van der Waals surface area contributed by atoms with Crippen molar-refractivity contribution in [2.75, 3.05) is 6.54 Å². The molecule has 1 aliphatic rings. The molecule has 2 aromatic heterocycles. The maximum Gasteiger partial charge on any atom is 0.209 e. The number of nitrogens with one attached hydrogen (secondary N) is 1. The number of hydrogen-bond donors (Lipinski definition) is 1. The molecule has 7 nitrogen and oxygen atoms in total. The average molecular weight is 499 g/mol. The quantitative estimate of drug-likeness (QED) is 0.404. The minimum Gasteiger partial charge on any atom is -0.361 e. The first kappa shape index (κ1) is 28.2. The molecule has 8 heteroatoms. The smallest absolute Gasteiger partial charge is 0.209 e. The highest BCUT2D eigenvalue weighted by molar-refractivity contribution is 7.13. The van der Waals surface area contributed by atoms with Gasteiger partial charge in [0.05, 0.1) is 28.3 Å². The Balaban J connectivity index is 0.000000204. The van der Waals surface area contributed by atoms with Crippen LogP contribution in [0.3, 0.4) is 0 Å². The lowest BCUT2D eigenvalue weighted by molar-refractivity contribution is -0.118. The van der Waals surface area contributed by atoms with Crippen molar-refractivity contribution >= 4 is 24.2 Å². The summed E-state index contributed by atoms with van der Waals surface area (Å²) in [5, 5.41) is 6.39. The first-order valence-corrected chi connectivity index (χ1v) is 13.0. The van der Waals surface area contributed by atoms with Crippen LogP contribution in [0.2, 0.25) is 0 Å².